The highest BCUT2D eigenvalue weighted by Gasteiger charge is 2.41. The van der Waals surface area contributed by atoms with Gasteiger partial charge in [0.1, 0.15) is 0 Å². The van der Waals surface area contributed by atoms with Gasteiger partial charge in [-0.2, -0.15) is 8.78 Å². The van der Waals surface area contributed by atoms with Crippen LogP contribution in [0.25, 0.3) is 0 Å². The van der Waals surface area contributed by atoms with E-state index in [0.717, 1.165) is 6.42 Å². The van der Waals surface area contributed by atoms with Gasteiger partial charge in [0.15, 0.2) is 0 Å². The normalized spacial score (nSPS) is 13.1. The molecular weight excluding hydrogens is 314 g/mol. The number of nitrogens with one attached hydrogen (secondary N) is 1. The summed E-state index contributed by atoms with van der Waals surface area (Å²) in [4.78, 5) is -0.276. The first kappa shape index (κ1) is 17.9. The summed E-state index contributed by atoms with van der Waals surface area (Å²) in [5.74, 6) is -4.42. The monoisotopic (exact) mass is 331 g/mol. The summed E-state index contributed by atoms with van der Waals surface area (Å²) in [6.07, 6.45) is -1.98. The molecular formula is C11H17F4N3O2S. The van der Waals surface area contributed by atoms with E-state index in [1.54, 1.807) is 4.57 Å². The Balaban J connectivity index is 2.93. The average Bonchev–Trinajstić information content (AvgIpc) is 2.81. The van der Waals surface area contributed by atoms with Gasteiger partial charge in [0.2, 0.25) is 10.0 Å². The second-order valence-corrected chi connectivity index (χ2v) is 6.22. The van der Waals surface area contributed by atoms with Gasteiger partial charge in [-0.3, -0.25) is 0 Å². The number of hydrogen-bond donors (Lipinski definition) is 2. The van der Waals surface area contributed by atoms with Gasteiger partial charge in [-0.25, -0.2) is 21.9 Å². The second-order valence-electron chi connectivity index (χ2n) is 4.45. The zero-order valence-corrected chi connectivity index (χ0v) is 12.1. The second kappa shape index (κ2) is 6.75. The molecule has 5 nitrogen and oxygen atoms in total. The Labute approximate surface area is 120 Å². The number of hydrogen-bond acceptors (Lipinski definition) is 3. The number of rotatable bonds is 8. The van der Waals surface area contributed by atoms with Gasteiger partial charge in [-0.05, 0) is 12.5 Å². The SMILES string of the molecule is CCCn1cc(S(=O)(=O)NCC(F)(F)C(F)F)cc1CN. The number of alkyl halides is 4. The molecule has 0 bridgehead atoms. The summed E-state index contributed by atoms with van der Waals surface area (Å²) in [6, 6.07) is 1.23. The van der Waals surface area contributed by atoms with E-state index in [1.807, 2.05) is 6.92 Å². The van der Waals surface area contributed by atoms with Crippen molar-refractivity contribution in [2.75, 3.05) is 6.54 Å². The van der Waals surface area contributed by atoms with E-state index >= 15 is 0 Å². The number of nitrogens with zero attached hydrogens (tertiary/aromatic N) is 1. The summed E-state index contributed by atoms with van der Waals surface area (Å²) in [7, 11) is -4.30. The van der Waals surface area contributed by atoms with E-state index in [1.165, 1.54) is 17.0 Å². The lowest BCUT2D eigenvalue weighted by Crippen LogP contribution is -2.41. The van der Waals surface area contributed by atoms with Crippen LogP contribution in [0.5, 0.6) is 0 Å². The number of halogens is 4. The molecule has 3 N–H and O–H groups in total. The van der Waals surface area contributed by atoms with E-state index in [4.69, 9.17) is 5.73 Å². The highest BCUT2D eigenvalue weighted by molar-refractivity contribution is 7.89. The Bertz CT molecular complexity index is 572. The van der Waals surface area contributed by atoms with E-state index in [-0.39, 0.29) is 11.4 Å². The van der Waals surface area contributed by atoms with Crippen molar-refractivity contribution in [1.82, 2.24) is 9.29 Å². The van der Waals surface area contributed by atoms with Gasteiger partial charge in [-0.1, -0.05) is 6.92 Å². The van der Waals surface area contributed by atoms with Crippen molar-refractivity contribution in [2.45, 2.75) is 43.7 Å². The highest BCUT2D eigenvalue weighted by Crippen LogP contribution is 2.23. The summed E-state index contributed by atoms with van der Waals surface area (Å²) >= 11 is 0. The van der Waals surface area contributed by atoms with Crippen molar-refractivity contribution < 1.29 is 26.0 Å². The third-order valence-corrected chi connectivity index (χ3v) is 4.13. The van der Waals surface area contributed by atoms with Crippen LogP contribution in [-0.2, 0) is 23.1 Å². The van der Waals surface area contributed by atoms with Gasteiger partial charge < -0.3 is 10.3 Å². The Morgan fingerprint density at radius 3 is 2.52 bits per heavy atom. The van der Waals surface area contributed by atoms with Gasteiger partial charge in [0, 0.05) is 25.0 Å². The lowest BCUT2D eigenvalue weighted by atomic mass is 10.4. The molecule has 1 rings (SSSR count). The van der Waals surface area contributed by atoms with Gasteiger partial charge in [0.25, 0.3) is 0 Å². The van der Waals surface area contributed by atoms with Gasteiger partial charge in [-0.15, -0.1) is 0 Å². The molecule has 0 unspecified atom stereocenters. The van der Waals surface area contributed by atoms with Crippen molar-refractivity contribution in [3.05, 3.63) is 18.0 Å². The number of aromatic nitrogens is 1. The van der Waals surface area contributed by atoms with E-state index < -0.39 is 28.9 Å². The molecule has 10 heteroatoms. The molecule has 122 valence electrons. The zero-order valence-electron chi connectivity index (χ0n) is 11.3. The van der Waals surface area contributed by atoms with E-state index in [2.05, 4.69) is 0 Å². The molecule has 1 aromatic rings. The number of nitrogens with two attached hydrogens (primary N) is 1. The van der Waals surface area contributed by atoms with Crippen LogP contribution < -0.4 is 10.5 Å². The summed E-state index contributed by atoms with van der Waals surface area (Å²) < 4.78 is 76.3. The lowest BCUT2D eigenvalue weighted by molar-refractivity contribution is -0.122. The molecule has 0 saturated carbocycles. The zero-order chi connectivity index (χ0) is 16.3. The molecule has 1 heterocycles. The van der Waals surface area contributed by atoms with Gasteiger partial charge in [0.05, 0.1) is 11.4 Å². The van der Waals surface area contributed by atoms with Crippen LogP contribution in [-0.4, -0.2) is 31.9 Å². The third kappa shape index (κ3) is 4.42. The molecule has 0 saturated heterocycles. The van der Waals surface area contributed by atoms with E-state index in [9.17, 15) is 26.0 Å². The number of sulfonamides is 1. The number of aryl methyl sites for hydroxylation is 1. The minimum Gasteiger partial charge on any atom is -0.349 e. The fourth-order valence-electron chi connectivity index (χ4n) is 1.64. The largest absolute Gasteiger partial charge is 0.349 e. The first-order valence-corrected chi connectivity index (χ1v) is 7.67. The Morgan fingerprint density at radius 1 is 1.43 bits per heavy atom. The van der Waals surface area contributed by atoms with E-state index in [0.29, 0.717) is 12.2 Å². The molecule has 0 aliphatic heterocycles. The summed E-state index contributed by atoms with van der Waals surface area (Å²) in [5, 5.41) is 0. The Hall–Kier alpha value is -1.13. The molecule has 0 aromatic carbocycles. The Morgan fingerprint density at radius 2 is 2.05 bits per heavy atom. The molecule has 0 fully saturated rings. The van der Waals surface area contributed by atoms with Crippen LogP contribution in [0.3, 0.4) is 0 Å². The fourth-order valence-corrected chi connectivity index (χ4v) is 2.75. The molecule has 0 atom stereocenters. The molecule has 21 heavy (non-hydrogen) atoms. The minimum absolute atomic E-state index is 0.0721. The third-order valence-electron chi connectivity index (χ3n) is 2.76. The van der Waals surface area contributed by atoms with Crippen molar-refractivity contribution in [3.8, 4) is 0 Å². The predicted molar refractivity (Wildman–Crippen MR) is 68.8 cm³/mol. The molecule has 0 amide bonds. The van der Waals surface area contributed by atoms with Gasteiger partial charge >= 0.3 is 12.3 Å². The van der Waals surface area contributed by atoms with Crippen LogP contribution in [0.15, 0.2) is 17.2 Å². The first-order valence-electron chi connectivity index (χ1n) is 6.18. The Kier molecular flexibility index (Phi) is 5.76. The topological polar surface area (TPSA) is 77.1 Å². The maximum absolute atomic E-state index is 12.8. The lowest BCUT2D eigenvalue weighted by Gasteiger charge is -2.15. The molecule has 0 aliphatic rings. The predicted octanol–water partition coefficient (Wildman–Crippen LogP) is 1.54. The standard InChI is InChI=1S/C11H17F4N3O2S/c1-2-3-18-6-9(4-8(18)5-16)21(19,20)17-7-11(14,15)10(12)13/h4,6,10,17H,2-3,5,7,16H2,1H3. The van der Waals surface area contributed by atoms with Crippen molar-refractivity contribution in [2.24, 2.45) is 5.73 Å². The van der Waals surface area contributed by atoms with Crippen molar-refractivity contribution >= 4 is 10.0 Å². The van der Waals surface area contributed by atoms with Crippen molar-refractivity contribution in [3.63, 3.8) is 0 Å². The smallest absolute Gasteiger partial charge is 0.320 e. The minimum atomic E-state index is -4.42. The summed E-state index contributed by atoms with van der Waals surface area (Å²) in [5.41, 5.74) is 5.98. The quantitative estimate of drug-likeness (QED) is 0.709. The molecule has 0 radical (unpaired) electrons. The first-order chi connectivity index (χ1) is 9.64. The average molecular weight is 331 g/mol. The molecule has 0 aliphatic carbocycles. The highest BCUT2D eigenvalue weighted by atomic mass is 32.2. The molecule has 1 aromatic heterocycles. The van der Waals surface area contributed by atoms with Crippen LogP contribution in [0.1, 0.15) is 19.0 Å². The molecule has 0 spiro atoms. The summed E-state index contributed by atoms with van der Waals surface area (Å²) in [6.45, 7) is 0.789. The van der Waals surface area contributed by atoms with Crippen LogP contribution in [0.4, 0.5) is 17.6 Å². The maximum atomic E-state index is 12.8. The fraction of sp³-hybridized carbons (Fsp3) is 0.636. The van der Waals surface area contributed by atoms with Crippen LogP contribution in [0.2, 0.25) is 0 Å². The maximum Gasteiger partial charge on any atom is 0.320 e. The van der Waals surface area contributed by atoms with Crippen LogP contribution in [0, 0.1) is 0 Å². The van der Waals surface area contributed by atoms with Crippen molar-refractivity contribution in [1.29, 1.82) is 0 Å². The van der Waals surface area contributed by atoms with Crippen LogP contribution >= 0.6 is 0 Å².